The zero-order chi connectivity index (χ0) is 12.5. The summed E-state index contributed by atoms with van der Waals surface area (Å²) < 4.78 is 28.6. The maximum atomic E-state index is 11.5. The van der Waals surface area contributed by atoms with Crippen molar-refractivity contribution >= 4 is 9.84 Å². The first-order valence-corrected chi connectivity index (χ1v) is 7.50. The number of nitrogens with one attached hydrogen (secondary N) is 1. The van der Waals surface area contributed by atoms with E-state index in [2.05, 4.69) is 5.32 Å². The summed E-state index contributed by atoms with van der Waals surface area (Å²) in [6, 6.07) is 5.40. The fraction of sp³-hybridized carbons (Fsp3) is 0.500. The quantitative estimate of drug-likeness (QED) is 0.858. The zero-order valence-corrected chi connectivity index (χ0v) is 10.9. The molecule has 0 aliphatic carbocycles. The van der Waals surface area contributed by atoms with Gasteiger partial charge in [-0.05, 0) is 24.1 Å². The second-order valence-electron chi connectivity index (χ2n) is 4.36. The van der Waals surface area contributed by atoms with Gasteiger partial charge in [0.2, 0.25) is 0 Å². The van der Waals surface area contributed by atoms with Crippen molar-refractivity contribution in [3.8, 4) is 0 Å². The lowest BCUT2D eigenvalue weighted by molar-refractivity contribution is 0.0276. The Bertz CT molecular complexity index is 504. The van der Waals surface area contributed by atoms with Gasteiger partial charge in [0, 0.05) is 19.3 Å². The summed E-state index contributed by atoms with van der Waals surface area (Å²) in [5, 5.41) is 3.25. The molecule has 1 aromatic carbocycles. The minimum absolute atomic E-state index is 0.0241. The van der Waals surface area contributed by atoms with Gasteiger partial charge in [0.1, 0.15) is 0 Å². The monoisotopic (exact) mass is 255 g/mol. The number of ether oxygens (including phenoxy) is 1. The molecule has 17 heavy (non-hydrogen) atoms. The summed E-state index contributed by atoms with van der Waals surface area (Å²) >= 11 is 0. The first-order chi connectivity index (χ1) is 7.98. The molecular formula is C12H17NO3S. The van der Waals surface area contributed by atoms with Gasteiger partial charge >= 0.3 is 0 Å². The topological polar surface area (TPSA) is 55.4 Å². The first kappa shape index (κ1) is 12.5. The standard InChI is InChI=1S/C12H17NO3S/c1-9-7-10(11-8-13-5-6-16-11)3-4-12(9)17(2,14)15/h3-4,7,11,13H,5-6,8H2,1-2H3. The largest absolute Gasteiger partial charge is 0.371 e. The maximum absolute atomic E-state index is 11.5. The molecule has 2 rings (SSSR count). The van der Waals surface area contributed by atoms with Crippen LogP contribution in [0.4, 0.5) is 0 Å². The van der Waals surface area contributed by atoms with Gasteiger partial charge in [0.15, 0.2) is 9.84 Å². The predicted molar refractivity (Wildman–Crippen MR) is 65.9 cm³/mol. The molecule has 1 saturated heterocycles. The fourth-order valence-electron chi connectivity index (χ4n) is 2.07. The molecule has 94 valence electrons. The Kier molecular flexibility index (Phi) is 3.51. The van der Waals surface area contributed by atoms with Crippen LogP contribution in [0.5, 0.6) is 0 Å². The SMILES string of the molecule is Cc1cc(C2CNCCO2)ccc1S(C)(=O)=O. The van der Waals surface area contributed by atoms with Crippen molar-refractivity contribution in [1.82, 2.24) is 5.32 Å². The molecule has 0 spiro atoms. The number of hydrogen-bond donors (Lipinski definition) is 1. The molecule has 1 aliphatic heterocycles. The van der Waals surface area contributed by atoms with E-state index in [9.17, 15) is 8.42 Å². The van der Waals surface area contributed by atoms with E-state index in [1.54, 1.807) is 6.07 Å². The molecular weight excluding hydrogens is 238 g/mol. The minimum atomic E-state index is -3.14. The summed E-state index contributed by atoms with van der Waals surface area (Å²) in [6.45, 7) is 4.16. The van der Waals surface area contributed by atoms with Crippen molar-refractivity contribution in [3.05, 3.63) is 29.3 Å². The Labute approximate surface area is 102 Å². The summed E-state index contributed by atoms with van der Waals surface area (Å²) in [4.78, 5) is 0.394. The smallest absolute Gasteiger partial charge is 0.175 e. The van der Waals surface area contributed by atoms with Crippen LogP contribution in [0.1, 0.15) is 17.2 Å². The molecule has 1 aromatic rings. The van der Waals surface area contributed by atoms with Crippen LogP contribution in [0.3, 0.4) is 0 Å². The highest BCUT2D eigenvalue weighted by atomic mass is 32.2. The van der Waals surface area contributed by atoms with E-state index in [1.807, 2.05) is 19.1 Å². The molecule has 0 radical (unpaired) electrons. The van der Waals surface area contributed by atoms with E-state index in [0.29, 0.717) is 11.5 Å². The van der Waals surface area contributed by atoms with E-state index in [4.69, 9.17) is 4.74 Å². The lowest BCUT2D eigenvalue weighted by Crippen LogP contribution is -2.33. The molecule has 1 fully saturated rings. The minimum Gasteiger partial charge on any atom is -0.371 e. The third kappa shape index (κ3) is 2.86. The third-order valence-electron chi connectivity index (χ3n) is 2.90. The van der Waals surface area contributed by atoms with Gasteiger partial charge < -0.3 is 10.1 Å². The summed E-state index contributed by atoms with van der Waals surface area (Å²) in [5.74, 6) is 0. The first-order valence-electron chi connectivity index (χ1n) is 5.61. The second kappa shape index (κ2) is 4.76. The van der Waals surface area contributed by atoms with Crippen LogP contribution in [0.25, 0.3) is 0 Å². The summed E-state index contributed by atoms with van der Waals surface area (Å²) in [7, 11) is -3.14. The van der Waals surface area contributed by atoms with Gasteiger partial charge in [-0.3, -0.25) is 0 Å². The Hall–Kier alpha value is -0.910. The van der Waals surface area contributed by atoms with E-state index in [1.165, 1.54) is 6.26 Å². The van der Waals surface area contributed by atoms with E-state index in [-0.39, 0.29) is 6.10 Å². The van der Waals surface area contributed by atoms with Crippen molar-refractivity contribution in [2.24, 2.45) is 0 Å². The predicted octanol–water partition coefficient (Wildman–Crippen LogP) is 1.06. The van der Waals surface area contributed by atoms with Gasteiger partial charge in [-0.1, -0.05) is 12.1 Å². The van der Waals surface area contributed by atoms with Crippen molar-refractivity contribution < 1.29 is 13.2 Å². The van der Waals surface area contributed by atoms with E-state index >= 15 is 0 Å². The molecule has 1 unspecified atom stereocenters. The highest BCUT2D eigenvalue weighted by Crippen LogP contribution is 2.23. The number of benzene rings is 1. The average molecular weight is 255 g/mol. The Morgan fingerprint density at radius 1 is 1.41 bits per heavy atom. The Morgan fingerprint density at radius 2 is 2.18 bits per heavy atom. The van der Waals surface area contributed by atoms with E-state index in [0.717, 1.165) is 24.2 Å². The lowest BCUT2D eigenvalue weighted by atomic mass is 10.1. The zero-order valence-electron chi connectivity index (χ0n) is 10.1. The number of hydrogen-bond acceptors (Lipinski definition) is 4. The van der Waals surface area contributed by atoms with Crippen LogP contribution >= 0.6 is 0 Å². The molecule has 1 N–H and O–H groups in total. The second-order valence-corrected chi connectivity index (χ2v) is 6.34. The molecule has 0 saturated carbocycles. The molecule has 4 nitrogen and oxygen atoms in total. The van der Waals surface area contributed by atoms with Crippen LogP contribution in [0, 0.1) is 6.92 Å². The number of sulfone groups is 1. The summed E-state index contributed by atoms with van der Waals surface area (Å²) in [6.07, 6.45) is 1.25. The molecule has 1 aliphatic rings. The van der Waals surface area contributed by atoms with Crippen molar-refractivity contribution in [1.29, 1.82) is 0 Å². The number of morpholine rings is 1. The van der Waals surface area contributed by atoms with Crippen molar-refractivity contribution in [3.63, 3.8) is 0 Å². The third-order valence-corrected chi connectivity index (χ3v) is 4.15. The summed E-state index contributed by atoms with van der Waals surface area (Å²) in [5.41, 5.74) is 1.81. The molecule has 1 heterocycles. The highest BCUT2D eigenvalue weighted by Gasteiger charge is 2.18. The maximum Gasteiger partial charge on any atom is 0.175 e. The molecule has 5 heteroatoms. The molecule has 0 amide bonds. The van der Waals surface area contributed by atoms with Crippen LogP contribution in [0.2, 0.25) is 0 Å². The normalized spacial score (nSPS) is 21.4. The van der Waals surface area contributed by atoms with E-state index < -0.39 is 9.84 Å². The van der Waals surface area contributed by atoms with Crippen molar-refractivity contribution in [2.75, 3.05) is 26.0 Å². The molecule has 1 atom stereocenters. The van der Waals surface area contributed by atoms with Gasteiger partial charge in [0.05, 0.1) is 17.6 Å². The number of rotatable bonds is 2. The molecule has 0 bridgehead atoms. The van der Waals surface area contributed by atoms with Crippen LogP contribution in [-0.2, 0) is 14.6 Å². The highest BCUT2D eigenvalue weighted by molar-refractivity contribution is 7.90. The Balaban J connectivity index is 2.30. The van der Waals surface area contributed by atoms with Gasteiger partial charge in [0.25, 0.3) is 0 Å². The van der Waals surface area contributed by atoms with Gasteiger partial charge in [-0.25, -0.2) is 8.42 Å². The van der Waals surface area contributed by atoms with Gasteiger partial charge in [-0.15, -0.1) is 0 Å². The molecule has 0 aromatic heterocycles. The lowest BCUT2D eigenvalue weighted by Gasteiger charge is -2.24. The Morgan fingerprint density at radius 3 is 2.71 bits per heavy atom. The average Bonchev–Trinajstić information content (AvgIpc) is 2.28. The van der Waals surface area contributed by atoms with Crippen LogP contribution in [0.15, 0.2) is 23.1 Å². The van der Waals surface area contributed by atoms with Crippen molar-refractivity contribution in [2.45, 2.75) is 17.9 Å². The van der Waals surface area contributed by atoms with Crippen LogP contribution < -0.4 is 5.32 Å². The fourth-order valence-corrected chi connectivity index (χ4v) is 3.03. The van der Waals surface area contributed by atoms with Gasteiger partial charge in [-0.2, -0.15) is 0 Å². The number of aryl methyl sites for hydroxylation is 1. The van der Waals surface area contributed by atoms with Crippen LogP contribution in [-0.4, -0.2) is 34.4 Å².